The standard InChI is InChI=1S/C11H10BrNO2/c1-7(12)11(14)10-8(6-13)4-3-5-9(10)15-2/h3-5,7H,1-2H3. The van der Waals surface area contributed by atoms with Gasteiger partial charge < -0.3 is 4.74 Å². The fourth-order valence-corrected chi connectivity index (χ4v) is 1.48. The van der Waals surface area contributed by atoms with Crippen LogP contribution in [0.25, 0.3) is 0 Å². The number of rotatable bonds is 3. The van der Waals surface area contributed by atoms with Gasteiger partial charge in [0.2, 0.25) is 0 Å². The lowest BCUT2D eigenvalue weighted by atomic mass is 10.0. The SMILES string of the molecule is COc1cccc(C#N)c1C(=O)C(C)Br. The number of hydrogen-bond acceptors (Lipinski definition) is 3. The average Bonchev–Trinajstić information content (AvgIpc) is 2.26. The van der Waals surface area contributed by atoms with E-state index in [-0.39, 0.29) is 10.6 Å². The predicted molar refractivity (Wildman–Crippen MR) is 60.4 cm³/mol. The summed E-state index contributed by atoms with van der Waals surface area (Å²) < 4.78 is 5.07. The molecular weight excluding hydrogens is 258 g/mol. The second kappa shape index (κ2) is 4.94. The molecule has 0 aromatic heterocycles. The number of benzene rings is 1. The largest absolute Gasteiger partial charge is 0.496 e. The van der Waals surface area contributed by atoms with Gasteiger partial charge in [-0.15, -0.1) is 0 Å². The van der Waals surface area contributed by atoms with Crippen molar-refractivity contribution in [3.8, 4) is 11.8 Å². The molecule has 0 aliphatic heterocycles. The molecule has 0 radical (unpaired) electrons. The number of nitrogens with zero attached hydrogens (tertiary/aromatic N) is 1. The Labute approximate surface area is 96.8 Å². The molecule has 1 atom stereocenters. The molecule has 0 saturated heterocycles. The van der Waals surface area contributed by atoms with Gasteiger partial charge in [0.25, 0.3) is 0 Å². The summed E-state index contributed by atoms with van der Waals surface area (Å²) in [5.74, 6) is 0.286. The van der Waals surface area contributed by atoms with E-state index in [0.717, 1.165) is 0 Å². The molecule has 1 aromatic rings. The van der Waals surface area contributed by atoms with Crippen LogP contribution in [0.15, 0.2) is 18.2 Å². The van der Waals surface area contributed by atoms with Crippen LogP contribution in [0, 0.1) is 11.3 Å². The summed E-state index contributed by atoms with van der Waals surface area (Å²) >= 11 is 3.19. The Morgan fingerprint density at radius 1 is 1.60 bits per heavy atom. The van der Waals surface area contributed by atoms with Crippen LogP contribution in [0.2, 0.25) is 0 Å². The first-order valence-corrected chi connectivity index (χ1v) is 5.28. The summed E-state index contributed by atoms with van der Waals surface area (Å²) in [7, 11) is 1.48. The van der Waals surface area contributed by atoms with Crippen molar-refractivity contribution in [2.45, 2.75) is 11.8 Å². The van der Waals surface area contributed by atoms with Gasteiger partial charge in [-0.05, 0) is 19.1 Å². The van der Waals surface area contributed by atoms with Crippen LogP contribution < -0.4 is 4.74 Å². The van der Waals surface area contributed by atoms with Crippen molar-refractivity contribution < 1.29 is 9.53 Å². The number of ether oxygens (including phenoxy) is 1. The molecule has 1 rings (SSSR count). The van der Waals surface area contributed by atoms with Gasteiger partial charge >= 0.3 is 0 Å². The maximum atomic E-state index is 11.8. The lowest BCUT2D eigenvalue weighted by molar-refractivity contribution is 0.0992. The third kappa shape index (κ3) is 2.37. The minimum atomic E-state index is -0.333. The zero-order chi connectivity index (χ0) is 11.4. The summed E-state index contributed by atoms with van der Waals surface area (Å²) in [6.07, 6.45) is 0. The van der Waals surface area contributed by atoms with Gasteiger partial charge in [0.05, 0.1) is 23.1 Å². The molecule has 1 aromatic carbocycles. The molecule has 1 unspecified atom stereocenters. The molecule has 0 fully saturated rings. The molecule has 0 aliphatic rings. The van der Waals surface area contributed by atoms with Gasteiger partial charge in [-0.2, -0.15) is 5.26 Å². The van der Waals surface area contributed by atoms with Crippen molar-refractivity contribution in [1.29, 1.82) is 5.26 Å². The van der Waals surface area contributed by atoms with E-state index in [1.54, 1.807) is 25.1 Å². The molecule has 0 bridgehead atoms. The second-order valence-electron chi connectivity index (χ2n) is 2.97. The van der Waals surface area contributed by atoms with Crippen LogP contribution in [0.3, 0.4) is 0 Å². The number of hydrogen-bond donors (Lipinski definition) is 0. The van der Waals surface area contributed by atoms with E-state index in [0.29, 0.717) is 16.9 Å². The lowest BCUT2D eigenvalue weighted by Crippen LogP contribution is -2.13. The minimum absolute atomic E-state index is 0.149. The van der Waals surface area contributed by atoms with E-state index >= 15 is 0 Å². The van der Waals surface area contributed by atoms with Gasteiger partial charge in [-0.3, -0.25) is 4.79 Å². The van der Waals surface area contributed by atoms with Crippen LogP contribution in [0.5, 0.6) is 5.75 Å². The molecule has 15 heavy (non-hydrogen) atoms. The third-order valence-corrected chi connectivity index (χ3v) is 2.39. The smallest absolute Gasteiger partial charge is 0.181 e. The van der Waals surface area contributed by atoms with Gasteiger partial charge in [-0.25, -0.2) is 0 Å². The van der Waals surface area contributed by atoms with Crippen molar-refractivity contribution in [3.63, 3.8) is 0 Å². The highest BCUT2D eigenvalue weighted by Gasteiger charge is 2.20. The third-order valence-electron chi connectivity index (χ3n) is 1.97. The van der Waals surface area contributed by atoms with Gasteiger partial charge in [0.15, 0.2) is 5.78 Å². The lowest BCUT2D eigenvalue weighted by Gasteiger charge is -2.10. The van der Waals surface area contributed by atoms with Gasteiger partial charge in [0.1, 0.15) is 11.8 Å². The highest BCUT2D eigenvalue weighted by atomic mass is 79.9. The zero-order valence-corrected chi connectivity index (χ0v) is 10.0. The Morgan fingerprint density at radius 3 is 2.73 bits per heavy atom. The quantitative estimate of drug-likeness (QED) is 0.625. The summed E-state index contributed by atoms with van der Waals surface area (Å²) in [4.78, 5) is 11.5. The highest BCUT2D eigenvalue weighted by molar-refractivity contribution is 9.10. The number of nitriles is 1. The Hall–Kier alpha value is -1.34. The average molecular weight is 268 g/mol. The molecule has 0 N–H and O–H groups in total. The molecule has 0 heterocycles. The molecule has 0 amide bonds. The Kier molecular flexibility index (Phi) is 3.87. The molecular formula is C11H10BrNO2. The topological polar surface area (TPSA) is 50.1 Å². The van der Waals surface area contributed by atoms with E-state index in [9.17, 15) is 4.79 Å². The number of ketones is 1. The number of alkyl halides is 1. The number of carbonyl (C=O) groups excluding carboxylic acids is 1. The van der Waals surface area contributed by atoms with Crippen molar-refractivity contribution in [2.75, 3.05) is 7.11 Å². The maximum absolute atomic E-state index is 11.8. The van der Waals surface area contributed by atoms with Crippen LogP contribution in [0.4, 0.5) is 0 Å². The Morgan fingerprint density at radius 2 is 2.27 bits per heavy atom. The van der Waals surface area contributed by atoms with Gasteiger partial charge in [-0.1, -0.05) is 22.0 Å². The molecule has 0 spiro atoms. The Bertz CT molecular complexity index is 421. The summed E-state index contributed by atoms with van der Waals surface area (Å²) in [5.41, 5.74) is 0.678. The van der Waals surface area contributed by atoms with E-state index in [2.05, 4.69) is 15.9 Å². The van der Waals surface area contributed by atoms with Crippen molar-refractivity contribution >= 4 is 21.7 Å². The minimum Gasteiger partial charge on any atom is -0.496 e. The normalized spacial score (nSPS) is 11.6. The van der Waals surface area contributed by atoms with Crippen molar-refractivity contribution in [3.05, 3.63) is 29.3 Å². The van der Waals surface area contributed by atoms with E-state index in [1.165, 1.54) is 7.11 Å². The van der Waals surface area contributed by atoms with Crippen LogP contribution in [-0.4, -0.2) is 17.7 Å². The predicted octanol–water partition coefficient (Wildman–Crippen LogP) is 2.53. The van der Waals surface area contributed by atoms with Crippen molar-refractivity contribution in [1.82, 2.24) is 0 Å². The van der Waals surface area contributed by atoms with E-state index in [4.69, 9.17) is 10.00 Å². The first-order valence-electron chi connectivity index (χ1n) is 4.37. The molecule has 0 aliphatic carbocycles. The van der Waals surface area contributed by atoms with Crippen molar-refractivity contribution in [2.24, 2.45) is 0 Å². The molecule has 0 saturated carbocycles. The molecule has 4 heteroatoms. The highest BCUT2D eigenvalue weighted by Crippen LogP contribution is 2.24. The zero-order valence-electron chi connectivity index (χ0n) is 8.45. The molecule has 78 valence electrons. The first kappa shape index (κ1) is 11.7. The fourth-order valence-electron chi connectivity index (χ4n) is 1.25. The molecule has 3 nitrogen and oxygen atoms in total. The van der Waals surface area contributed by atoms with Crippen LogP contribution in [0.1, 0.15) is 22.8 Å². The number of Topliss-reactive ketones (excluding diaryl/α,β-unsaturated/α-hetero) is 1. The van der Waals surface area contributed by atoms with Crippen LogP contribution >= 0.6 is 15.9 Å². The number of methoxy groups -OCH3 is 1. The summed E-state index contributed by atoms with van der Waals surface area (Å²) in [6, 6.07) is 6.94. The van der Waals surface area contributed by atoms with Crippen LogP contribution in [-0.2, 0) is 0 Å². The second-order valence-corrected chi connectivity index (χ2v) is 4.35. The maximum Gasteiger partial charge on any atom is 0.181 e. The monoisotopic (exact) mass is 267 g/mol. The van der Waals surface area contributed by atoms with Gasteiger partial charge in [0, 0.05) is 0 Å². The number of halogens is 1. The first-order chi connectivity index (χ1) is 7.11. The van der Waals surface area contributed by atoms with E-state index < -0.39 is 0 Å². The summed E-state index contributed by atoms with van der Waals surface area (Å²) in [5, 5.41) is 8.90. The number of carbonyl (C=O) groups is 1. The Balaban J connectivity index is 3.36. The fraction of sp³-hybridized carbons (Fsp3) is 0.273. The summed E-state index contributed by atoms with van der Waals surface area (Å²) in [6.45, 7) is 1.72. The van der Waals surface area contributed by atoms with E-state index in [1.807, 2.05) is 6.07 Å².